The van der Waals surface area contributed by atoms with Gasteiger partial charge in [-0.05, 0) is 31.9 Å². The van der Waals surface area contributed by atoms with Crippen molar-refractivity contribution in [2.24, 2.45) is 0 Å². The smallest absolute Gasteiger partial charge is 0.336 e. The summed E-state index contributed by atoms with van der Waals surface area (Å²) in [5, 5.41) is 18.1. The van der Waals surface area contributed by atoms with Gasteiger partial charge in [-0.1, -0.05) is 6.07 Å². The fraction of sp³-hybridized carbons (Fsp3) is 0.357. The van der Waals surface area contributed by atoms with Crippen LogP contribution in [0.15, 0.2) is 18.2 Å². The van der Waals surface area contributed by atoms with Gasteiger partial charge >= 0.3 is 5.97 Å². The zero-order chi connectivity index (χ0) is 16.7. The van der Waals surface area contributed by atoms with Gasteiger partial charge in [0, 0.05) is 17.5 Å². The predicted molar refractivity (Wildman–Crippen MR) is 74.5 cm³/mol. The molecular formula is C14H15NO7. The summed E-state index contributed by atoms with van der Waals surface area (Å²) in [6.07, 6.45) is 0.827. The Hall–Kier alpha value is -2.77. The second kappa shape index (κ2) is 7.87. The molecule has 1 N–H and O–H groups in total. The van der Waals surface area contributed by atoms with E-state index in [1.54, 1.807) is 0 Å². The predicted octanol–water partition coefficient (Wildman–Crippen LogP) is 2.15. The maximum Gasteiger partial charge on any atom is 0.336 e. The third-order valence-corrected chi connectivity index (χ3v) is 2.95. The molecule has 0 fully saturated rings. The van der Waals surface area contributed by atoms with Gasteiger partial charge in [0.1, 0.15) is 0 Å². The van der Waals surface area contributed by atoms with Crippen LogP contribution in [0.1, 0.15) is 57.3 Å². The number of unbranched alkanes of at least 4 members (excludes halogenated alkanes) is 1. The maximum atomic E-state index is 11.9. The minimum Gasteiger partial charge on any atom is -0.478 e. The lowest BCUT2D eigenvalue weighted by atomic mass is 9.97. The summed E-state index contributed by atoms with van der Waals surface area (Å²) < 4.78 is 0. The molecule has 0 aliphatic carbocycles. The van der Waals surface area contributed by atoms with E-state index in [0.29, 0.717) is 12.8 Å². The Morgan fingerprint density at radius 1 is 1.23 bits per heavy atom. The summed E-state index contributed by atoms with van der Waals surface area (Å²) >= 11 is 0. The Labute approximate surface area is 125 Å². The third-order valence-electron chi connectivity index (χ3n) is 2.95. The standard InChI is InChI=1S/C14H15NO7/c1-9(16)11-6-5-10(8-12(11)14(18)19)13(17)4-2-3-7-22-15(20)21/h5-6,8H,2-4,7H2,1H3,(H,18,19). The van der Waals surface area contributed by atoms with Gasteiger partial charge in [-0.25, -0.2) is 4.79 Å². The Balaban J connectivity index is 2.70. The Morgan fingerprint density at radius 3 is 2.45 bits per heavy atom. The van der Waals surface area contributed by atoms with E-state index in [4.69, 9.17) is 5.11 Å². The molecule has 0 aliphatic rings. The van der Waals surface area contributed by atoms with Crippen LogP contribution in [0.3, 0.4) is 0 Å². The van der Waals surface area contributed by atoms with Gasteiger partial charge in [0.2, 0.25) is 0 Å². The maximum absolute atomic E-state index is 11.9. The van der Waals surface area contributed by atoms with Crippen molar-refractivity contribution in [3.05, 3.63) is 45.0 Å². The summed E-state index contributed by atoms with van der Waals surface area (Å²) in [5.41, 5.74) is 0.0241. The molecule has 8 nitrogen and oxygen atoms in total. The first-order chi connectivity index (χ1) is 10.3. The second-order valence-electron chi connectivity index (χ2n) is 4.56. The molecule has 0 heterocycles. The normalized spacial score (nSPS) is 10.0. The zero-order valence-corrected chi connectivity index (χ0v) is 11.9. The first-order valence-electron chi connectivity index (χ1n) is 6.51. The molecule has 0 atom stereocenters. The largest absolute Gasteiger partial charge is 0.478 e. The molecule has 0 saturated carbocycles. The van der Waals surface area contributed by atoms with E-state index >= 15 is 0 Å². The van der Waals surface area contributed by atoms with E-state index in [1.807, 2.05) is 0 Å². The van der Waals surface area contributed by atoms with Gasteiger partial charge < -0.3 is 9.94 Å². The number of benzene rings is 1. The SMILES string of the molecule is CC(=O)c1ccc(C(=O)CCCCO[N+](=O)[O-])cc1C(=O)O. The highest BCUT2D eigenvalue weighted by molar-refractivity contribution is 6.07. The molecule has 0 saturated heterocycles. The van der Waals surface area contributed by atoms with E-state index in [0.717, 1.165) is 0 Å². The molecule has 118 valence electrons. The summed E-state index contributed by atoms with van der Waals surface area (Å²) in [5.74, 6) is -1.97. The summed E-state index contributed by atoms with van der Waals surface area (Å²) in [6, 6.07) is 3.89. The number of rotatable bonds is 9. The Morgan fingerprint density at radius 2 is 1.91 bits per heavy atom. The molecule has 1 aromatic rings. The van der Waals surface area contributed by atoms with Crippen LogP contribution in [0.5, 0.6) is 0 Å². The quantitative estimate of drug-likeness (QED) is 0.320. The van der Waals surface area contributed by atoms with Crippen LogP contribution in [0.25, 0.3) is 0 Å². The Bertz CT molecular complexity index is 609. The van der Waals surface area contributed by atoms with Crippen molar-refractivity contribution in [3.63, 3.8) is 0 Å². The molecule has 8 heteroatoms. The van der Waals surface area contributed by atoms with Crippen LogP contribution in [-0.4, -0.2) is 34.3 Å². The number of ketones is 2. The highest BCUT2D eigenvalue weighted by Gasteiger charge is 2.16. The molecule has 22 heavy (non-hydrogen) atoms. The van der Waals surface area contributed by atoms with Gasteiger partial charge in [-0.2, -0.15) is 0 Å². The van der Waals surface area contributed by atoms with Crippen molar-refractivity contribution in [2.45, 2.75) is 26.2 Å². The third kappa shape index (κ3) is 4.97. The number of carboxylic acids is 1. The number of aromatic carboxylic acids is 1. The van der Waals surface area contributed by atoms with Crippen LogP contribution in [0.2, 0.25) is 0 Å². The van der Waals surface area contributed by atoms with Crippen LogP contribution in [0.4, 0.5) is 0 Å². The lowest BCUT2D eigenvalue weighted by Gasteiger charge is -2.06. The topological polar surface area (TPSA) is 124 Å². The molecule has 0 unspecified atom stereocenters. The molecule has 1 aromatic carbocycles. The number of carbonyl (C=O) groups excluding carboxylic acids is 2. The highest BCUT2D eigenvalue weighted by atomic mass is 16.9. The number of hydrogen-bond donors (Lipinski definition) is 1. The highest BCUT2D eigenvalue weighted by Crippen LogP contribution is 2.15. The minimum atomic E-state index is -1.28. The van der Waals surface area contributed by atoms with Crippen molar-refractivity contribution >= 4 is 17.5 Å². The molecule has 1 rings (SSSR count). The number of carbonyl (C=O) groups is 3. The number of carboxylic acid groups (broad SMARTS) is 1. The average molecular weight is 309 g/mol. The molecule has 0 aliphatic heterocycles. The van der Waals surface area contributed by atoms with Crippen LogP contribution < -0.4 is 0 Å². The fourth-order valence-corrected chi connectivity index (χ4v) is 1.87. The van der Waals surface area contributed by atoms with E-state index in [1.165, 1.54) is 25.1 Å². The lowest BCUT2D eigenvalue weighted by Crippen LogP contribution is -2.09. The van der Waals surface area contributed by atoms with E-state index in [9.17, 15) is 24.5 Å². The van der Waals surface area contributed by atoms with Gasteiger partial charge in [-0.15, -0.1) is 10.1 Å². The number of hydrogen-bond acceptors (Lipinski definition) is 6. The molecule has 0 radical (unpaired) electrons. The summed E-state index contributed by atoms with van der Waals surface area (Å²) in [6.45, 7) is 1.16. The molecule has 0 amide bonds. The molecule has 0 bridgehead atoms. The fourth-order valence-electron chi connectivity index (χ4n) is 1.87. The lowest BCUT2D eigenvalue weighted by molar-refractivity contribution is -0.757. The summed E-state index contributed by atoms with van der Waals surface area (Å²) in [7, 11) is 0. The first-order valence-corrected chi connectivity index (χ1v) is 6.51. The number of nitrogens with zero attached hydrogens (tertiary/aromatic N) is 1. The van der Waals surface area contributed by atoms with E-state index < -0.39 is 16.8 Å². The van der Waals surface area contributed by atoms with Gasteiger partial charge in [0.05, 0.1) is 12.2 Å². The first kappa shape index (κ1) is 17.3. The molecule has 0 aromatic heterocycles. The molecular weight excluding hydrogens is 294 g/mol. The van der Waals surface area contributed by atoms with Crippen molar-refractivity contribution in [3.8, 4) is 0 Å². The van der Waals surface area contributed by atoms with Gasteiger partial charge in [-0.3, -0.25) is 9.59 Å². The van der Waals surface area contributed by atoms with E-state index in [2.05, 4.69) is 4.84 Å². The van der Waals surface area contributed by atoms with Gasteiger partial charge in [0.15, 0.2) is 11.6 Å². The zero-order valence-electron chi connectivity index (χ0n) is 11.9. The Kier molecular flexibility index (Phi) is 6.18. The average Bonchev–Trinajstić information content (AvgIpc) is 2.45. The monoisotopic (exact) mass is 309 g/mol. The van der Waals surface area contributed by atoms with Crippen LogP contribution in [-0.2, 0) is 4.84 Å². The molecule has 0 spiro atoms. The number of Topliss-reactive ketones (excluding diaryl/α,β-unsaturated/α-hetero) is 2. The van der Waals surface area contributed by atoms with Crippen LogP contribution >= 0.6 is 0 Å². The van der Waals surface area contributed by atoms with E-state index in [-0.39, 0.29) is 35.5 Å². The van der Waals surface area contributed by atoms with Gasteiger partial charge in [0.25, 0.3) is 5.09 Å². The van der Waals surface area contributed by atoms with Crippen molar-refractivity contribution in [2.75, 3.05) is 6.61 Å². The minimum absolute atomic E-state index is 0.0448. The second-order valence-corrected chi connectivity index (χ2v) is 4.56. The van der Waals surface area contributed by atoms with Crippen molar-refractivity contribution < 1.29 is 29.4 Å². The summed E-state index contributed by atoms with van der Waals surface area (Å²) in [4.78, 5) is 48.5. The van der Waals surface area contributed by atoms with Crippen molar-refractivity contribution in [1.29, 1.82) is 0 Å². The van der Waals surface area contributed by atoms with Crippen molar-refractivity contribution in [1.82, 2.24) is 0 Å². The van der Waals surface area contributed by atoms with Crippen LogP contribution in [0, 0.1) is 10.1 Å².